The zero-order chi connectivity index (χ0) is 17.6. The molecule has 0 radical (unpaired) electrons. The first-order valence-corrected chi connectivity index (χ1v) is 8.06. The van der Waals surface area contributed by atoms with Gasteiger partial charge in [-0.15, -0.1) is 0 Å². The van der Waals surface area contributed by atoms with Crippen LogP contribution in [0.5, 0.6) is 11.5 Å². The van der Waals surface area contributed by atoms with Crippen molar-refractivity contribution in [3.05, 3.63) is 53.6 Å². The topological polar surface area (TPSA) is 69.2 Å². The van der Waals surface area contributed by atoms with E-state index in [4.69, 9.17) is 14.3 Å². The second-order valence-electron chi connectivity index (χ2n) is 5.95. The van der Waals surface area contributed by atoms with Crippen LogP contribution in [0.15, 0.2) is 47.6 Å². The molecular formula is C19H20N2O4. The number of ether oxygens (including phenoxy) is 2. The first-order valence-electron chi connectivity index (χ1n) is 8.06. The highest BCUT2D eigenvalue weighted by Crippen LogP contribution is 2.34. The lowest BCUT2D eigenvalue weighted by atomic mass is 10.0. The van der Waals surface area contributed by atoms with Crippen molar-refractivity contribution in [2.24, 2.45) is 5.16 Å². The fourth-order valence-corrected chi connectivity index (χ4v) is 2.33. The van der Waals surface area contributed by atoms with Gasteiger partial charge >= 0.3 is 0 Å². The normalized spacial score (nSPS) is 12.6. The number of nitrogens with one attached hydrogen (secondary N) is 1. The molecule has 0 bridgehead atoms. The van der Waals surface area contributed by atoms with Crippen LogP contribution in [0.3, 0.4) is 0 Å². The van der Waals surface area contributed by atoms with Crippen molar-refractivity contribution >= 4 is 17.8 Å². The van der Waals surface area contributed by atoms with E-state index in [1.807, 2.05) is 12.1 Å². The molecule has 1 amide bonds. The minimum Gasteiger partial charge on any atom is -0.454 e. The highest BCUT2D eigenvalue weighted by molar-refractivity contribution is 5.92. The number of carbonyl (C=O) groups is 1. The Morgan fingerprint density at radius 3 is 2.72 bits per heavy atom. The van der Waals surface area contributed by atoms with E-state index in [0.717, 1.165) is 5.56 Å². The highest BCUT2D eigenvalue weighted by atomic mass is 16.7. The second-order valence-corrected chi connectivity index (χ2v) is 5.95. The minimum atomic E-state index is -0.300. The number of hydrogen-bond acceptors (Lipinski definition) is 5. The first-order chi connectivity index (χ1) is 12.1. The van der Waals surface area contributed by atoms with Crippen LogP contribution in [0, 0.1) is 0 Å². The Bertz CT molecular complexity index is 769. The van der Waals surface area contributed by atoms with Gasteiger partial charge in [-0.2, -0.15) is 0 Å². The van der Waals surface area contributed by atoms with E-state index in [1.54, 1.807) is 24.4 Å². The summed E-state index contributed by atoms with van der Waals surface area (Å²) >= 11 is 0. The summed E-state index contributed by atoms with van der Waals surface area (Å²) in [6.45, 7) is 4.31. The molecule has 25 heavy (non-hydrogen) atoms. The average Bonchev–Trinajstić information content (AvgIpc) is 3.07. The van der Waals surface area contributed by atoms with Gasteiger partial charge in [0.15, 0.2) is 18.1 Å². The Labute approximate surface area is 146 Å². The molecule has 130 valence electrons. The van der Waals surface area contributed by atoms with E-state index in [1.165, 1.54) is 5.56 Å². The van der Waals surface area contributed by atoms with Crippen molar-refractivity contribution in [3.63, 3.8) is 0 Å². The predicted molar refractivity (Wildman–Crippen MR) is 95.3 cm³/mol. The fourth-order valence-electron chi connectivity index (χ4n) is 2.33. The summed E-state index contributed by atoms with van der Waals surface area (Å²) in [5.41, 5.74) is 2.80. The number of carbonyl (C=O) groups excluding carboxylic acids is 1. The van der Waals surface area contributed by atoms with E-state index < -0.39 is 0 Å². The molecule has 6 nitrogen and oxygen atoms in total. The second kappa shape index (κ2) is 7.70. The van der Waals surface area contributed by atoms with Gasteiger partial charge in [-0.05, 0) is 29.2 Å². The smallest absolute Gasteiger partial charge is 0.265 e. The standard InChI is InChI=1S/C19H20N2O4/c1-13(2)15-5-3-14(4-6-15)10-20-25-11-19(22)21-16-7-8-17-18(9-16)24-12-23-17/h3-10,13H,11-12H2,1-2H3,(H,21,22)/b20-10+. The summed E-state index contributed by atoms with van der Waals surface area (Å²) < 4.78 is 10.5. The monoisotopic (exact) mass is 340 g/mol. The number of fused-ring (bicyclic) bond motifs is 1. The number of hydrogen-bond donors (Lipinski definition) is 1. The maximum atomic E-state index is 11.9. The first kappa shape index (κ1) is 16.8. The molecule has 1 aliphatic rings. The van der Waals surface area contributed by atoms with Crippen LogP contribution < -0.4 is 14.8 Å². The third-order valence-corrected chi connectivity index (χ3v) is 3.73. The Kier molecular flexibility index (Phi) is 5.18. The molecule has 3 rings (SSSR count). The van der Waals surface area contributed by atoms with Crippen molar-refractivity contribution in [2.45, 2.75) is 19.8 Å². The molecule has 0 aliphatic carbocycles. The molecule has 6 heteroatoms. The van der Waals surface area contributed by atoms with E-state index in [0.29, 0.717) is 23.1 Å². The molecule has 0 saturated carbocycles. The lowest BCUT2D eigenvalue weighted by Gasteiger charge is -2.05. The Morgan fingerprint density at radius 2 is 1.96 bits per heavy atom. The maximum absolute atomic E-state index is 11.9. The lowest BCUT2D eigenvalue weighted by molar-refractivity contribution is -0.120. The molecule has 0 atom stereocenters. The van der Waals surface area contributed by atoms with Crippen LogP contribution in [-0.4, -0.2) is 25.5 Å². The Balaban J connectivity index is 1.46. The molecule has 2 aromatic carbocycles. The summed E-state index contributed by atoms with van der Waals surface area (Å²) in [5.74, 6) is 1.47. The van der Waals surface area contributed by atoms with Crippen LogP contribution in [-0.2, 0) is 9.63 Å². The van der Waals surface area contributed by atoms with Crippen LogP contribution >= 0.6 is 0 Å². The molecular weight excluding hydrogens is 320 g/mol. The molecule has 0 fully saturated rings. The SMILES string of the molecule is CC(C)c1ccc(/C=N/OCC(=O)Nc2ccc3c(c2)OCO3)cc1. The molecule has 0 spiro atoms. The third kappa shape index (κ3) is 4.50. The summed E-state index contributed by atoms with van der Waals surface area (Å²) in [6.07, 6.45) is 1.58. The van der Waals surface area contributed by atoms with Gasteiger partial charge in [0.1, 0.15) is 0 Å². The molecule has 0 saturated heterocycles. The minimum absolute atomic E-state index is 0.172. The molecule has 1 heterocycles. The van der Waals surface area contributed by atoms with Crippen LogP contribution in [0.1, 0.15) is 30.9 Å². The maximum Gasteiger partial charge on any atom is 0.265 e. The molecule has 0 aromatic heterocycles. The summed E-state index contributed by atoms with van der Waals surface area (Å²) in [6, 6.07) is 13.2. The van der Waals surface area contributed by atoms with E-state index in [2.05, 4.69) is 36.5 Å². The van der Waals surface area contributed by atoms with Crippen molar-refractivity contribution in [2.75, 3.05) is 18.7 Å². The van der Waals surface area contributed by atoms with E-state index >= 15 is 0 Å². The van der Waals surface area contributed by atoms with E-state index in [9.17, 15) is 4.79 Å². The quantitative estimate of drug-likeness (QED) is 0.645. The van der Waals surface area contributed by atoms with Gasteiger partial charge in [-0.1, -0.05) is 43.3 Å². The van der Waals surface area contributed by atoms with Gasteiger partial charge in [-0.3, -0.25) is 4.79 Å². The third-order valence-electron chi connectivity index (χ3n) is 3.73. The van der Waals surface area contributed by atoms with E-state index in [-0.39, 0.29) is 19.3 Å². The number of amides is 1. The van der Waals surface area contributed by atoms with Gasteiger partial charge in [0.2, 0.25) is 6.79 Å². The van der Waals surface area contributed by atoms with Gasteiger partial charge in [0, 0.05) is 11.8 Å². The van der Waals surface area contributed by atoms with Crippen LogP contribution in [0.2, 0.25) is 0 Å². The lowest BCUT2D eigenvalue weighted by Crippen LogP contribution is -2.16. The van der Waals surface area contributed by atoms with Crippen LogP contribution in [0.4, 0.5) is 5.69 Å². The summed E-state index contributed by atoms with van der Waals surface area (Å²) in [7, 11) is 0. The van der Waals surface area contributed by atoms with Crippen molar-refractivity contribution < 1.29 is 19.1 Å². The number of anilines is 1. The Morgan fingerprint density at radius 1 is 1.20 bits per heavy atom. The molecule has 2 aromatic rings. The Hall–Kier alpha value is -3.02. The fraction of sp³-hybridized carbons (Fsp3) is 0.263. The molecule has 1 aliphatic heterocycles. The summed E-state index contributed by atoms with van der Waals surface area (Å²) in [4.78, 5) is 16.9. The number of benzene rings is 2. The highest BCUT2D eigenvalue weighted by Gasteiger charge is 2.14. The summed E-state index contributed by atoms with van der Waals surface area (Å²) in [5, 5.41) is 6.54. The van der Waals surface area contributed by atoms with Gasteiger partial charge in [-0.25, -0.2) is 0 Å². The van der Waals surface area contributed by atoms with Gasteiger partial charge < -0.3 is 19.6 Å². The zero-order valence-corrected chi connectivity index (χ0v) is 14.2. The number of rotatable bonds is 6. The molecule has 1 N–H and O–H groups in total. The van der Waals surface area contributed by atoms with Crippen molar-refractivity contribution in [1.82, 2.24) is 0 Å². The molecule has 0 unspecified atom stereocenters. The average molecular weight is 340 g/mol. The zero-order valence-electron chi connectivity index (χ0n) is 14.2. The number of nitrogens with zero attached hydrogens (tertiary/aromatic N) is 1. The predicted octanol–water partition coefficient (Wildman–Crippen LogP) is 3.53. The largest absolute Gasteiger partial charge is 0.454 e. The van der Waals surface area contributed by atoms with Gasteiger partial charge in [0.05, 0.1) is 6.21 Å². The number of oxime groups is 1. The van der Waals surface area contributed by atoms with Gasteiger partial charge in [0.25, 0.3) is 5.91 Å². The van der Waals surface area contributed by atoms with Crippen molar-refractivity contribution in [3.8, 4) is 11.5 Å². The van der Waals surface area contributed by atoms with Crippen LogP contribution in [0.25, 0.3) is 0 Å². The van der Waals surface area contributed by atoms with Crippen molar-refractivity contribution in [1.29, 1.82) is 0 Å².